The van der Waals surface area contributed by atoms with Gasteiger partial charge in [0.05, 0.1) is 23.9 Å². The van der Waals surface area contributed by atoms with E-state index >= 15 is 0 Å². The summed E-state index contributed by atoms with van der Waals surface area (Å²) in [7, 11) is 0. The van der Waals surface area contributed by atoms with E-state index in [9.17, 15) is 9.59 Å². The zero-order chi connectivity index (χ0) is 17.5. The van der Waals surface area contributed by atoms with E-state index in [1.54, 1.807) is 17.0 Å². The Morgan fingerprint density at radius 2 is 1.88 bits per heavy atom. The number of rotatable bonds is 5. The molecule has 1 aliphatic rings. The molecule has 0 saturated carbocycles. The summed E-state index contributed by atoms with van der Waals surface area (Å²) in [6, 6.07) is 7.14. The molecular formula is C17H24ClN3O3. The molecule has 2 rings (SSSR count). The Balaban J connectivity index is 1.73. The molecule has 0 radical (unpaired) electrons. The normalized spacial score (nSPS) is 15.4. The number of para-hydroxylation sites is 1. The van der Waals surface area contributed by atoms with Gasteiger partial charge in [-0.2, -0.15) is 0 Å². The van der Waals surface area contributed by atoms with Crippen molar-refractivity contribution < 1.29 is 14.3 Å². The van der Waals surface area contributed by atoms with E-state index in [2.05, 4.69) is 5.32 Å². The summed E-state index contributed by atoms with van der Waals surface area (Å²) in [6.45, 7) is 7.14. The van der Waals surface area contributed by atoms with Gasteiger partial charge < -0.3 is 15.0 Å². The van der Waals surface area contributed by atoms with Crippen LogP contribution in [0.4, 0.5) is 10.5 Å². The number of benzene rings is 1. The fourth-order valence-electron chi connectivity index (χ4n) is 2.37. The van der Waals surface area contributed by atoms with E-state index in [0.29, 0.717) is 49.4 Å². The fourth-order valence-corrected chi connectivity index (χ4v) is 2.56. The lowest BCUT2D eigenvalue weighted by Gasteiger charge is -2.33. The van der Waals surface area contributed by atoms with Crippen LogP contribution in [0.5, 0.6) is 0 Å². The maximum atomic E-state index is 12.1. The number of amides is 2. The summed E-state index contributed by atoms with van der Waals surface area (Å²) in [5.74, 6) is 0.211. The topological polar surface area (TPSA) is 61.9 Å². The van der Waals surface area contributed by atoms with Gasteiger partial charge in [0.2, 0.25) is 5.91 Å². The van der Waals surface area contributed by atoms with Gasteiger partial charge in [-0.25, -0.2) is 4.79 Å². The zero-order valence-electron chi connectivity index (χ0n) is 14.1. The third-order valence-corrected chi connectivity index (χ3v) is 4.02. The highest BCUT2D eigenvalue weighted by molar-refractivity contribution is 6.33. The van der Waals surface area contributed by atoms with Crippen LogP contribution in [0.1, 0.15) is 13.8 Å². The Bertz CT molecular complexity index is 572. The third-order valence-electron chi connectivity index (χ3n) is 3.69. The lowest BCUT2D eigenvalue weighted by atomic mass is 10.2. The summed E-state index contributed by atoms with van der Waals surface area (Å²) in [6.07, 6.45) is -0.274. The summed E-state index contributed by atoms with van der Waals surface area (Å²) in [5, 5.41) is 3.32. The Hall–Kier alpha value is -1.79. The van der Waals surface area contributed by atoms with Crippen LogP contribution in [0.25, 0.3) is 0 Å². The first-order valence-corrected chi connectivity index (χ1v) is 8.52. The molecule has 0 atom stereocenters. The fraction of sp³-hybridized carbons (Fsp3) is 0.529. The van der Waals surface area contributed by atoms with Crippen LogP contribution in [0.15, 0.2) is 24.3 Å². The second kappa shape index (κ2) is 8.89. The average molecular weight is 354 g/mol. The molecule has 6 nitrogen and oxygen atoms in total. The van der Waals surface area contributed by atoms with Gasteiger partial charge in [-0.1, -0.05) is 37.6 Å². The average Bonchev–Trinajstić information content (AvgIpc) is 2.55. The Labute approximate surface area is 147 Å². The van der Waals surface area contributed by atoms with Gasteiger partial charge in [-0.05, 0) is 18.1 Å². The van der Waals surface area contributed by atoms with Crippen molar-refractivity contribution in [1.82, 2.24) is 9.80 Å². The van der Waals surface area contributed by atoms with Crippen LogP contribution in [-0.2, 0) is 9.53 Å². The summed E-state index contributed by atoms with van der Waals surface area (Å²) in [5.41, 5.74) is 0.611. The smallest absolute Gasteiger partial charge is 0.409 e. The largest absolute Gasteiger partial charge is 0.449 e. The minimum Gasteiger partial charge on any atom is -0.449 e. The predicted molar refractivity (Wildman–Crippen MR) is 94.3 cm³/mol. The van der Waals surface area contributed by atoms with Crippen molar-refractivity contribution in [2.75, 3.05) is 44.6 Å². The molecule has 1 aromatic rings. The maximum absolute atomic E-state index is 12.1. The minimum absolute atomic E-state index is 0.112. The number of ether oxygens (including phenoxy) is 1. The number of carbonyl (C=O) groups excluding carboxylic acids is 2. The second-order valence-corrected chi connectivity index (χ2v) is 6.67. The lowest BCUT2D eigenvalue weighted by molar-refractivity contribution is -0.117. The van der Waals surface area contributed by atoms with Crippen LogP contribution < -0.4 is 5.32 Å². The van der Waals surface area contributed by atoms with Crippen molar-refractivity contribution in [2.24, 2.45) is 5.92 Å². The Kier molecular flexibility index (Phi) is 6.87. The van der Waals surface area contributed by atoms with Gasteiger partial charge in [-0.3, -0.25) is 9.69 Å². The van der Waals surface area contributed by atoms with Crippen LogP contribution in [0, 0.1) is 5.92 Å². The van der Waals surface area contributed by atoms with Crippen LogP contribution in [-0.4, -0.2) is 61.1 Å². The summed E-state index contributed by atoms with van der Waals surface area (Å²) < 4.78 is 5.23. The number of nitrogens with zero attached hydrogens (tertiary/aromatic N) is 2. The highest BCUT2D eigenvalue weighted by atomic mass is 35.5. The quantitative estimate of drug-likeness (QED) is 0.884. The molecule has 1 N–H and O–H groups in total. The van der Waals surface area contributed by atoms with Crippen molar-refractivity contribution in [3.8, 4) is 0 Å². The van der Waals surface area contributed by atoms with E-state index in [-0.39, 0.29) is 18.5 Å². The molecule has 0 aromatic heterocycles. The van der Waals surface area contributed by atoms with Gasteiger partial charge in [0.1, 0.15) is 0 Å². The second-order valence-electron chi connectivity index (χ2n) is 6.26. The zero-order valence-corrected chi connectivity index (χ0v) is 14.9. The first-order chi connectivity index (χ1) is 11.5. The van der Waals surface area contributed by atoms with E-state index < -0.39 is 0 Å². The maximum Gasteiger partial charge on any atom is 0.409 e. The molecule has 24 heavy (non-hydrogen) atoms. The standard InChI is InChI=1S/C17H24ClN3O3/c1-13(2)12-24-17(23)21-9-7-20(8-10-21)11-16(22)19-15-6-4-3-5-14(15)18/h3-6,13H,7-12H2,1-2H3,(H,19,22). The molecule has 1 aliphatic heterocycles. The molecule has 1 fully saturated rings. The summed E-state index contributed by atoms with van der Waals surface area (Å²) in [4.78, 5) is 27.7. The molecular weight excluding hydrogens is 330 g/mol. The number of carbonyl (C=O) groups is 2. The van der Waals surface area contributed by atoms with E-state index in [0.717, 1.165) is 0 Å². The van der Waals surface area contributed by atoms with Gasteiger partial charge in [0, 0.05) is 26.2 Å². The first kappa shape index (κ1) is 18.5. The van der Waals surface area contributed by atoms with Crippen molar-refractivity contribution in [1.29, 1.82) is 0 Å². The van der Waals surface area contributed by atoms with Crippen LogP contribution in [0.2, 0.25) is 5.02 Å². The van der Waals surface area contributed by atoms with Gasteiger partial charge in [0.25, 0.3) is 0 Å². The number of hydrogen-bond acceptors (Lipinski definition) is 4. The Morgan fingerprint density at radius 3 is 2.50 bits per heavy atom. The molecule has 0 spiro atoms. The molecule has 1 saturated heterocycles. The van der Waals surface area contributed by atoms with Crippen molar-refractivity contribution in [2.45, 2.75) is 13.8 Å². The van der Waals surface area contributed by atoms with Gasteiger partial charge >= 0.3 is 6.09 Å². The van der Waals surface area contributed by atoms with E-state index in [1.165, 1.54) is 0 Å². The molecule has 2 amide bonds. The molecule has 0 bridgehead atoms. The molecule has 7 heteroatoms. The number of halogens is 1. The Morgan fingerprint density at radius 1 is 1.21 bits per heavy atom. The molecule has 1 aromatic carbocycles. The summed E-state index contributed by atoms with van der Waals surface area (Å²) >= 11 is 6.03. The van der Waals surface area contributed by atoms with Gasteiger partial charge in [-0.15, -0.1) is 0 Å². The number of hydrogen-bond donors (Lipinski definition) is 1. The van der Waals surface area contributed by atoms with E-state index in [1.807, 2.05) is 30.9 Å². The molecule has 0 aliphatic carbocycles. The molecule has 0 unspecified atom stereocenters. The van der Waals surface area contributed by atoms with E-state index in [4.69, 9.17) is 16.3 Å². The van der Waals surface area contributed by atoms with Crippen molar-refractivity contribution in [3.05, 3.63) is 29.3 Å². The number of nitrogens with one attached hydrogen (secondary N) is 1. The third kappa shape index (κ3) is 5.69. The molecule has 132 valence electrons. The predicted octanol–water partition coefficient (Wildman–Crippen LogP) is 2.69. The lowest BCUT2D eigenvalue weighted by Crippen LogP contribution is -2.50. The monoisotopic (exact) mass is 353 g/mol. The number of anilines is 1. The van der Waals surface area contributed by atoms with Crippen molar-refractivity contribution >= 4 is 29.3 Å². The SMILES string of the molecule is CC(C)COC(=O)N1CCN(CC(=O)Nc2ccccc2Cl)CC1. The molecule has 1 heterocycles. The first-order valence-electron chi connectivity index (χ1n) is 8.14. The highest BCUT2D eigenvalue weighted by Crippen LogP contribution is 2.20. The van der Waals surface area contributed by atoms with Gasteiger partial charge in [0.15, 0.2) is 0 Å². The van der Waals surface area contributed by atoms with Crippen molar-refractivity contribution in [3.63, 3.8) is 0 Å². The highest BCUT2D eigenvalue weighted by Gasteiger charge is 2.23. The minimum atomic E-state index is -0.274. The number of piperazine rings is 1. The van der Waals surface area contributed by atoms with Crippen LogP contribution >= 0.6 is 11.6 Å². The van der Waals surface area contributed by atoms with Crippen LogP contribution in [0.3, 0.4) is 0 Å².